The number of benzene rings is 1. The summed E-state index contributed by atoms with van der Waals surface area (Å²) in [5.41, 5.74) is 0.499. The molecule has 0 spiro atoms. The van der Waals surface area contributed by atoms with Crippen LogP contribution in [0.4, 0.5) is 0 Å². The molecule has 3 heterocycles. The molecule has 0 unspecified atom stereocenters. The zero-order valence-corrected chi connectivity index (χ0v) is 15.9. The number of ether oxygens (including phenoxy) is 2. The highest BCUT2D eigenvalue weighted by molar-refractivity contribution is 5.91. The lowest BCUT2D eigenvalue weighted by atomic mass is 10.2. The average molecular weight is 397 g/mol. The normalized spacial score (nSPS) is 12.8. The van der Waals surface area contributed by atoms with Crippen molar-refractivity contribution in [1.29, 1.82) is 0 Å². The highest BCUT2D eigenvalue weighted by Gasteiger charge is 2.14. The molecule has 2 aromatic heterocycles. The minimum absolute atomic E-state index is 0.199. The van der Waals surface area contributed by atoms with E-state index < -0.39 is 11.2 Å². The summed E-state index contributed by atoms with van der Waals surface area (Å²) in [4.78, 5) is 43.4. The van der Waals surface area contributed by atoms with Gasteiger partial charge in [0.05, 0.1) is 0 Å². The van der Waals surface area contributed by atoms with Crippen LogP contribution in [0.2, 0.25) is 0 Å². The Morgan fingerprint density at radius 1 is 1.24 bits per heavy atom. The Labute approximate surface area is 164 Å². The van der Waals surface area contributed by atoms with Gasteiger partial charge >= 0.3 is 5.69 Å². The molecule has 150 valence electrons. The summed E-state index contributed by atoms with van der Waals surface area (Å²) in [5.74, 6) is 1.59. The number of hydrogen-bond donors (Lipinski definition) is 2. The zero-order valence-electron chi connectivity index (χ0n) is 15.9. The predicted molar refractivity (Wildman–Crippen MR) is 105 cm³/mol. The van der Waals surface area contributed by atoms with Crippen molar-refractivity contribution in [2.45, 2.75) is 6.42 Å². The third kappa shape index (κ3) is 3.51. The molecule has 10 nitrogen and oxygen atoms in total. The first-order valence-electron chi connectivity index (χ1n) is 8.94. The van der Waals surface area contributed by atoms with Gasteiger partial charge in [0.25, 0.3) is 5.56 Å². The van der Waals surface area contributed by atoms with Gasteiger partial charge in [0.1, 0.15) is 11.3 Å². The molecule has 4 rings (SSSR count). The number of fused-ring (bicyclic) bond motifs is 2. The summed E-state index contributed by atoms with van der Waals surface area (Å²) in [7, 11) is 2.97. The molecular formula is C19H19N5O5. The number of H-pyrrole nitrogens is 1. The number of hydrogen-bond acceptors (Lipinski definition) is 6. The fourth-order valence-corrected chi connectivity index (χ4v) is 3.04. The van der Waals surface area contributed by atoms with E-state index in [1.807, 2.05) is 6.07 Å². The number of aromatic nitrogens is 4. The van der Waals surface area contributed by atoms with Crippen LogP contribution >= 0.6 is 0 Å². The predicted octanol–water partition coefficient (Wildman–Crippen LogP) is 0.0611. The maximum absolute atomic E-state index is 12.2. The third-order valence-corrected chi connectivity index (χ3v) is 4.63. The van der Waals surface area contributed by atoms with Crippen molar-refractivity contribution in [3.63, 3.8) is 0 Å². The Hall–Kier alpha value is -3.82. The van der Waals surface area contributed by atoms with E-state index in [1.165, 1.54) is 17.7 Å². The minimum atomic E-state index is -0.442. The molecule has 0 bridgehead atoms. The first-order chi connectivity index (χ1) is 13.9. The summed E-state index contributed by atoms with van der Waals surface area (Å²) in [6.45, 7) is 0.517. The lowest BCUT2D eigenvalue weighted by molar-refractivity contribution is -0.116. The van der Waals surface area contributed by atoms with Crippen LogP contribution in [0.3, 0.4) is 0 Å². The second kappa shape index (κ2) is 7.30. The summed E-state index contributed by atoms with van der Waals surface area (Å²) in [6.07, 6.45) is 3.49. The Morgan fingerprint density at radius 2 is 2.03 bits per heavy atom. The number of rotatable bonds is 5. The van der Waals surface area contributed by atoms with Crippen LogP contribution in [0.15, 0.2) is 33.9 Å². The molecule has 0 radical (unpaired) electrons. The van der Waals surface area contributed by atoms with Gasteiger partial charge in [0, 0.05) is 33.1 Å². The van der Waals surface area contributed by atoms with Crippen molar-refractivity contribution in [2.75, 3.05) is 13.3 Å². The van der Waals surface area contributed by atoms with Crippen LogP contribution in [0.1, 0.15) is 11.4 Å². The van der Waals surface area contributed by atoms with Gasteiger partial charge in [-0.2, -0.15) is 0 Å². The minimum Gasteiger partial charge on any atom is -0.454 e. The van der Waals surface area contributed by atoms with Crippen molar-refractivity contribution in [1.82, 2.24) is 24.4 Å². The highest BCUT2D eigenvalue weighted by atomic mass is 16.7. The standard InChI is InChI=1S/C19H19N5O5/c1-23-17-16(18(26)24(2)19(23)27)21-14(22-17)7-8-20-15(25)6-4-11-3-5-12-13(9-11)29-10-28-12/h3-6,9H,7-8,10H2,1-2H3,(H,20,25)(H,21,22)/b6-4+. The average Bonchev–Trinajstić information content (AvgIpc) is 3.36. The number of imidazole rings is 1. The second-order valence-corrected chi connectivity index (χ2v) is 6.57. The third-order valence-electron chi connectivity index (χ3n) is 4.63. The monoisotopic (exact) mass is 397 g/mol. The molecule has 1 aliphatic rings. The van der Waals surface area contributed by atoms with Gasteiger partial charge in [-0.25, -0.2) is 9.78 Å². The van der Waals surface area contributed by atoms with E-state index in [9.17, 15) is 14.4 Å². The first-order valence-corrected chi connectivity index (χ1v) is 8.94. The molecular weight excluding hydrogens is 378 g/mol. The maximum Gasteiger partial charge on any atom is 0.332 e. The molecule has 2 N–H and O–H groups in total. The van der Waals surface area contributed by atoms with Crippen molar-refractivity contribution in [2.24, 2.45) is 14.1 Å². The number of carbonyl (C=O) groups is 1. The summed E-state index contributed by atoms with van der Waals surface area (Å²) in [6, 6.07) is 5.42. The molecule has 0 fully saturated rings. The Kier molecular flexibility index (Phi) is 4.67. The molecule has 1 amide bonds. The van der Waals surface area contributed by atoms with Gasteiger partial charge in [-0.05, 0) is 23.8 Å². The van der Waals surface area contributed by atoms with Gasteiger partial charge in [-0.15, -0.1) is 0 Å². The summed E-state index contributed by atoms with van der Waals surface area (Å²) < 4.78 is 12.9. The van der Waals surface area contributed by atoms with Crippen LogP contribution in [-0.2, 0) is 25.3 Å². The van der Waals surface area contributed by atoms with Gasteiger partial charge in [-0.3, -0.25) is 18.7 Å². The van der Waals surface area contributed by atoms with Crippen molar-refractivity contribution < 1.29 is 14.3 Å². The molecule has 3 aromatic rings. The van der Waals surface area contributed by atoms with E-state index in [2.05, 4.69) is 15.3 Å². The number of nitrogens with one attached hydrogen (secondary N) is 2. The van der Waals surface area contributed by atoms with Crippen LogP contribution in [0, 0.1) is 0 Å². The van der Waals surface area contributed by atoms with E-state index in [4.69, 9.17) is 9.47 Å². The lowest BCUT2D eigenvalue weighted by Crippen LogP contribution is -2.36. The molecule has 1 aromatic carbocycles. The summed E-state index contributed by atoms with van der Waals surface area (Å²) in [5, 5.41) is 2.76. The van der Waals surface area contributed by atoms with E-state index in [-0.39, 0.29) is 18.2 Å². The van der Waals surface area contributed by atoms with Gasteiger partial charge < -0.3 is 19.8 Å². The number of carbonyl (C=O) groups excluding carboxylic acids is 1. The van der Waals surface area contributed by atoms with Gasteiger partial charge in [-0.1, -0.05) is 6.07 Å². The summed E-state index contributed by atoms with van der Waals surface area (Å²) >= 11 is 0. The number of aryl methyl sites for hydroxylation is 1. The second-order valence-electron chi connectivity index (χ2n) is 6.57. The van der Waals surface area contributed by atoms with E-state index in [1.54, 1.807) is 25.3 Å². The van der Waals surface area contributed by atoms with Crippen LogP contribution in [0.25, 0.3) is 17.2 Å². The van der Waals surface area contributed by atoms with Crippen molar-refractivity contribution in [3.05, 3.63) is 56.5 Å². The fourth-order valence-electron chi connectivity index (χ4n) is 3.04. The number of aromatic amines is 1. The Bertz CT molecular complexity index is 1250. The molecule has 10 heteroatoms. The first kappa shape index (κ1) is 18.5. The smallest absolute Gasteiger partial charge is 0.332 e. The van der Waals surface area contributed by atoms with Crippen molar-refractivity contribution in [3.8, 4) is 11.5 Å². The number of amides is 1. The van der Waals surface area contributed by atoms with Crippen LogP contribution in [-0.4, -0.2) is 38.3 Å². The van der Waals surface area contributed by atoms with E-state index in [0.29, 0.717) is 35.9 Å². The SMILES string of the molecule is Cn1c(=O)c2[nH]c(CCNC(=O)/C=C/c3ccc4c(c3)OCO4)nc2n(C)c1=O. The van der Waals surface area contributed by atoms with Gasteiger partial charge in [0.15, 0.2) is 17.1 Å². The lowest BCUT2D eigenvalue weighted by Gasteiger charge is -2.01. The topological polar surface area (TPSA) is 120 Å². The van der Waals surface area contributed by atoms with E-state index >= 15 is 0 Å². The largest absolute Gasteiger partial charge is 0.454 e. The van der Waals surface area contributed by atoms with Crippen LogP contribution < -0.4 is 26.0 Å². The molecule has 0 saturated heterocycles. The molecule has 0 aliphatic carbocycles. The number of nitrogens with zero attached hydrogens (tertiary/aromatic N) is 3. The Morgan fingerprint density at radius 3 is 2.86 bits per heavy atom. The van der Waals surface area contributed by atoms with Crippen molar-refractivity contribution >= 4 is 23.1 Å². The van der Waals surface area contributed by atoms with E-state index in [0.717, 1.165) is 10.1 Å². The van der Waals surface area contributed by atoms with Gasteiger partial charge in [0.2, 0.25) is 12.7 Å². The van der Waals surface area contributed by atoms with Crippen LogP contribution in [0.5, 0.6) is 11.5 Å². The highest BCUT2D eigenvalue weighted by Crippen LogP contribution is 2.32. The quantitative estimate of drug-likeness (QED) is 0.588. The fraction of sp³-hybridized carbons (Fsp3) is 0.263. The Balaban J connectivity index is 1.38. The molecule has 1 aliphatic heterocycles. The molecule has 0 atom stereocenters. The zero-order chi connectivity index (χ0) is 20.5. The molecule has 0 saturated carbocycles. The molecule has 29 heavy (non-hydrogen) atoms. The maximum atomic E-state index is 12.2.